The number of carboxylic acids is 1. The summed E-state index contributed by atoms with van der Waals surface area (Å²) in [6, 6.07) is 2.52. The lowest BCUT2D eigenvalue weighted by atomic mass is 10.1. The Hall–Kier alpha value is -1.27. The molecule has 0 aromatic heterocycles. The second kappa shape index (κ2) is 5.88. The summed E-state index contributed by atoms with van der Waals surface area (Å²) in [5.74, 6) is 0.120. The maximum atomic E-state index is 10.7. The first-order valence-electron chi connectivity index (χ1n) is 4.89. The second-order valence-electron chi connectivity index (χ2n) is 3.42. The summed E-state index contributed by atoms with van der Waals surface area (Å²) in [6.45, 7) is 0. The highest BCUT2D eigenvalue weighted by atomic mass is 79.9. The van der Waals surface area contributed by atoms with Gasteiger partial charge in [0.2, 0.25) is 0 Å². The minimum absolute atomic E-state index is 0.196. The summed E-state index contributed by atoms with van der Waals surface area (Å²) in [4.78, 5) is 10.7. The van der Waals surface area contributed by atoms with Crippen molar-refractivity contribution >= 4 is 21.9 Å². The van der Waals surface area contributed by atoms with Gasteiger partial charge in [-0.1, -0.05) is 6.07 Å². The number of carbonyl (C=O) groups is 1. The molecule has 0 amide bonds. The quantitative estimate of drug-likeness (QED) is 0.860. The SMILES string of the molecule is COc1ccc(CC(N)C(=O)O)c(OC)c1Br. The van der Waals surface area contributed by atoms with Crippen molar-refractivity contribution in [3.8, 4) is 11.5 Å². The number of halogens is 1. The van der Waals surface area contributed by atoms with Crippen LogP contribution in [0.2, 0.25) is 0 Å². The van der Waals surface area contributed by atoms with Gasteiger partial charge in [-0.15, -0.1) is 0 Å². The van der Waals surface area contributed by atoms with Gasteiger partial charge in [-0.3, -0.25) is 4.79 Å². The van der Waals surface area contributed by atoms with Gasteiger partial charge < -0.3 is 20.3 Å². The number of methoxy groups -OCH3 is 2. The van der Waals surface area contributed by atoms with Crippen molar-refractivity contribution in [1.29, 1.82) is 0 Å². The van der Waals surface area contributed by atoms with Crippen LogP contribution in [0, 0.1) is 0 Å². The van der Waals surface area contributed by atoms with Crippen LogP contribution in [-0.4, -0.2) is 31.3 Å². The zero-order chi connectivity index (χ0) is 13.0. The van der Waals surface area contributed by atoms with E-state index in [1.165, 1.54) is 7.11 Å². The van der Waals surface area contributed by atoms with Gasteiger partial charge in [0.05, 0.1) is 14.2 Å². The predicted molar refractivity (Wildman–Crippen MR) is 66.6 cm³/mol. The third-order valence-electron chi connectivity index (χ3n) is 2.32. The van der Waals surface area contributed by atoms with Crippen molar-refractivity contribution in [3.63, 3.8) is 0 Å². The highest BCUT2D eigenvalue weighted by molar-refractivity contribution is 9.10. The van der Waals surface area contributed by atoms with E-state index in [0.717, 1.165) is 5.56 Å². The normalized spacial score (nSPS) is 12.0. The molecule has 3 N–H and O–H groups in total. The van der Waals surface area contributed by atoms with Crippen molar-refractivity contribution in [3.05, 3.63) is 22.2 Å². The molecule has 1 rings (SSSR count). The number of ether oxygens (including phenoxy) is 2. The minimum Gasteiger partial charge on any atom is -0.495 e. The third kappa shape index (κ3) is 3.10. The standard InChI is InChI=1S/C11H14BrNO4/c1-16-8-4-3-6(5-7(13)11(14)15)10(17-2)9(8)12/h3-4,7H,5,13H2,1-2H3,(H,14,15). The Morgan fingerprint density at radius 3 is 2.59 bits per heavy atom. The Morgan fingerprint density at radius 2 is 2.12 bits per heavy atom. The Labute approximate surface area is 108 Å². The molecule has 0 fully saturated rings. The molecular formula is C11H14BrNO4. The van der Waals surface area contributed by atoms with Crippen LogP contribution in [0.3, 0.4) is 0 Å². The Kier molecular flexibility index (Phi) is 4.77. The van der Waals surface area contributed by atoms with Crippen molar-refractivity contribution in [2.24, 2.45) is 5.73 Å². The summed E-state index contributed by atoms with van der Waals surface area (Å²) in [5, 5.41) is 8.77. The Morgan fingerprint density at radius 1 is 1.47 bits per heavy atom. The fourth-order valence-electron chi connectivity index (χ4n) is 1.44. The highest BCUT2D eigenvalue weighted by Gasteiger charge is 2.18. The molecule has 1 aromatic rings. The molecule has 94 valence electrons. The largest absolute Gasteiger partial charge is 0.495 e. The van der Waals surface area contributed by atoms with Crippen LogP contribution in [0.5, 0.6) is 11.5 Å². The molecular weight excluding hydrogens is 290 g/mol. The number of hydrogen-bond donors (Lipinski definition) is 2. The molecule has 0 radical (unpaired) electrons. The van der Waals surface area contributed by atoms with Crippen LogP contribution in [0.4, 0.5) is 0 Å². The van der Waals surface area contributed by atoms with Crippen LogP contribution in [0.1, 0.15) is 5.56 Å². The highest BCUT2D eigenvalue weighted by Crippen LogP contribution is 2.37. The maximum absolute atomic E-state index is 10.7. The average molecular weight is 304 g/mol. The zero-order valence-electron chi connectivity index (χ0n) is 9.57. The van der Waals surface area contributed by atoms with E-state index in [0.29, 0.717) is 16.0 Å². The lowest BCUT2D eigenvalue weighted by molar-refractivity contribution is -0.138. The average Bonchev–Trinajstić information content (AvgIpc) is 2.29. The molecule has 17 heavy (non-hydrogen) atoms. The van der Waals surface area contributed by atoms with Crippen molar-refractivity contribution in [2.75, 3.05) is 14.2 Å². The summed E-state index contributed by atoms with van der Waals surface area (Å²) >= 11 is 3.34. The van der Waals surface area contributed by atoms with E-state index >= 15 is 0 Å². The third-order valence-corrected chi connectivity index (χ3v) is 3.08. The number of nitrogens with two attached hydrogens (primary N) is 1. The fourth-order valence-corrected chi connectivity index (χ4v) is 2.15. The summed E-state index contributed by atoms with van der Waals surface area (Å²) in [6.07, 6.45) is 0.196. The van der Waals surface area contributed by atoms with Gasteiger partial charge in [-0.25, -0.2) is 0 Å². The molecule has 0 bridgehead atoms. The van der Waals surface area contributed by atoms with Crippen molar-refractivity contribution in [1.82, 2.24) is 0 Å². The molecule has 1 unspecified atom stereocenters. The summed E-state index contributed by atoms with van der Waals surface area (Å²) in [5.41, 5.74) is 6.21. The number of carboxylic acid groups (broad SMARTS) is 1. The molecule has 0 aliphatic carbocycles. The summed E-state index contributed by atoms with van der Waals surface area (Å²) in [7, 11) is 3.05. The van der Waals surface area contributed by atoms with Gasteiger partial charge in [-0.05, 0) is 27.6 Å². The van der Waals surface area contributed by atoms with Crippen LogP contribution in [0.15, 0.2) is 16.6 Å². The van der Waals surface area contributed by atoms with Gasteiger partial charge in [0.1, 0.15) is 22.0 Å². The number of benzene rings is 1. The predicted octanol–water partition coefficient (Wildman–Crippen LogP) is 1.42. The molecule has 0 saturated carbocycles. The molecule has 0 aliphatic heterocycles. The molecule has 5 nitrogen and oxygen atoms in total. The van der Waals surface area contributed by atoms with Gasteiger partial charge >= 0.3 is 5.97 Å². The van der Waals surface area contributed by atoms with E-state index in [4.69, 9.17) is 20.3 Å². The number of aliphatic carboxylic acids is 1. The molecule has 1 aromatic carbocycles. The van der Waals surface area contributed by atoms with E-state index in [2.05, 4.69) is 15.9 Å². The first kappa shape index (κ1) is 13.8. The van der Waals surface area contributed by atoms with E-state index < -0.39 is 12.0 Å². The first-order chi connectivity index (χ1) is 8.01. The molecule has 0 spiro atoms. The van der Waals surface area contributed by atoms with Crippen LogP contribution >= 0.6 is 15.9 Å². The lowest BCUT2D eigenvalue weighted by Gasteiger charge is -2.14. The Bertz CT molecular complexity index is 422. The fraction of sp³-hybridized carbons (Fsp3) is 0.364. The van der Waals surface area contributed by atoms with Crippen LogP contribution in [0.25, 0.3) is 0 Å². The second-order valence-corrected chi connectivity index (χ2v) is 4.22. The molecule has 0 aliphatic rings. The zero-order valence-corrected chi connectivity index (χ0v) is 11.2. The van der Waals surface area contributed by atoms with Gasteiger partial charge in [0.25, 0.3) is 0 Å². The van der Waals surface area contributed by atoms with Crippen molar-refractivity contribution < 1.29 is 19.4 Å². The van der Waals surface area contributed by atoms with Gasteiger partial charge in [0.15, 0.2) is 0 Å². The maximum Gasteiger partial charge on any atom is 0.320 e. The lowest BCUT2D eigenvalue weighted by Crippen LogP contribution is -2.32. The monoisotopic (exact) mass is 303 g/mol. The minimum atomic E-state index is -1.04. The topological polar surface area (TPSA) is 81.8 Å². The van der Waals surface area contributed by atoms with E-state index in [1.807, 2.05) is 0 Å². The van der Waals surface area contributed by atoms with E-state index in [-0.39, 0.29) is 6.42 Å². The first-order valence-corrected chi connectivity index (χ1v) is 5.68. The van der Waals surface area contributed by atoms with Crippen molar-refractivity contribution in [2.45, 2.75) is 12.5 Å². The number of hydrogen-bond acceptors (Lipinski definition) is 4. The Balaban J connectivity index is 3.08. The summed E-state index contributed by atoms with van der Waals surface area (Å²) < 4.78 is 11.0. The van der Waals surface area contributed by atoms with Gasteiger partial charge in [-0.2, -0.15) is 0 Å². The number of rotatable bonds is 5. The van der Waals surface area contributed by atoms with E-state index in [9.17, 15) is 4.79 Å². The molecule has 6 heteroatoms. The van der Waals surface area contributed by atoms with Crippen LogP contribution in [-0.2, 0) is 11.2 Å². The van der Waals surface area contributed by atoms with Crippen LogP contribution < -0.4 is 15.2 Å². The smallest absolute Gasteiger partial charge is 0.320 e. The molecule has 1 atom stereocenters. The molecule has 0 saturated heterocycles. The van der Waals surface area contributed by atoms with E-state index in [1.54, 1.807) is 19.2 Å². The van der Waals surface area contributed by atoms with Gasteiger partial charge in [0, 0.05) is 6.42 Å². The molecule has 0 heterocycles.